The predicted octanol–water partition coefficient (Wildman–Crippen LogP) is 0.755. The van der Waals surface area contributed by atoms with Crippen LogP contribution in [0.4, 0.5) is 5.95 Å². The number of imidazole rings is 1. The SMILES string of the molecule is Nc1nc2nc(SCc3ncco3)[nH]c2c(=O)[nH]1.[HH]. The van der Waals surface area contributed by atoms with Gasteiger partial charge in [0.15, 0.2) is 16.3 Å². The maximum Gasteiger partial charge on any atom is 0.278 e. The Morgan fingerprint density at radius 2 is 2.33 bits per heavy atom. The van der Waals surface area contributed by atoms with Crippen molar-refractivity contribution in [2.45, 2.75) is 10.9 Å². The second kappa shape index (κ2) is 4.18. The standard InChI is InChI=1S/C9H8N6O2S.H2/c10-8-13-6-5(7(16)15-8)12-9(14-6)18-3-4-11-1-2-17-4;/h1-2H,3H2,(H4,10,12,13,14,15,16);1H. The third-order valence-electron chi connectivity index (χ3n) is 2.17. The summed E-state index contributed by atoms with van der Waals surface area (Å²) in [6, 6.07) is 0. The second-order valence-electron chi connectivity index (χ2n) is 3.41. The van der Waals surface area contributed by atoms with Gasteiger partial charge >= 0.3 is 0 Å². The lowest BCUT2D eigenvalue weighted by molar-refractivity contribution is 0.517. The van der Waals surface area contributed by atoms with Crippen LogP contribution in [-0.2, 0) is 5.75 Å². The lowest BCUT2D eigenvalue weighted by Crippen LogP contribution is -2.10. The molecule has 0 saturated heterocycles. The molecule has 0 radical (unpaired) electrons. The number of nitrogen functional groups attached to an aromatic ring is 1. The van der Waals surface area contributed by atoms with Gasteiger partial charge in [0.25, 0.3) is 5.56 Å². The highest BCUT2D eigenvalue weighted by molar-refractivity contribution is 7.98. The molecule has 4 N–H and O–H groups in total. The van der Waals surface area contributed by atoms with Crippen LogP contribution >= 0.6 is 11.8 Å². The molecule has 3 aromatic heterocycles. The molecule has 0 spiro atoms. The number of aromatic nitrogens is 5. The number of rotatable bonds is 3. The lowest BCUT2D eigenvalue weighted by atomic mass is 10.5. The fourth-order valence-electron chi connectivity index (χ4n) is 1.43. The van der Waals surface area contributed by atoms with Crippen LogP contribution in [0.3, 0.4) is 0 Å². The molecule has 0 unspecified atom stereocenters. The highest BCUT2D eigenvalue weighted by atomic mass is 32.2. The molecule has 0 fully saturated rings. The first-order valence-electron chi connectivity index (χ1n) is 4.99. The van der Waals surface area contributed by atoms with Crippen LogP contribution in [-0.4, -0.2) is 24.9 Å². The number of hydrogen-bond donors (Lipinski definition) is 3. The summed E-state index contributed by atoms with van der Waals surface area (Å²) in [7, 11) is 0. The minimum Gasteiger partial charge on any atom is -0.448 e. The van der Waals surface area contributed by atoms with Gasteiger partial charge in [-0.2, -0.15) is 4.98 Å². The maximum absolute atomic E-state index is 11.6. The van der Waals surface area contributed by atoms with Crippen molar-refractivity contribution >= 4 is 28.9 Å². The van der Waals surface area contributed by atoms with Crippen molar-refractivity contribution < 1.29 is 5.84 Å². The Labute approximate surface area is 106 Å². The highest BCUT2D eigenvalue weighted by Crippen LogP contribution is 2.20. The normalized spacial score (nSPS) is 11.1. The van der Waals surface area contributed by atoms with Gasteiger partial charge in [-0.05, 0) is 0 Å². The molecule has 0 aliphatic carbocycles. The number of hydrogen-bond acceptors (Lipinski definition) is 7. The van der Waals surface area contributed by atoms with Crippen LogP contribution in [0.15, 0.2) is 26.8 Å². The van der Waals surface area contributed by atoms with E-state index in [1.807, 2.05) is 0 Å². The first kappa shape index (κ1) is 10.8. The summed E-state index contributed by atoms with van der Waals surface area (Å²) in [5, 5.41) is 0.562. The zero-order chi connectivity index (χ0) is 12.5. The van der Waals surface area contributed by atoms with E-state index in [1.165, 1.54) is 18.0 Å². The summed E-state index contributed by atoms with van der Waals surface area (Å²) in [4.78, 5) is 28.9. The molecule has 0 saturated carbocycles. The Morgan fingerprint density at radius 3 is 3.11 bits per heavy atom. The van der Waals surface area contributed by atoms with Crippen molar-refractivity contribution in [1.29, 1.82) is 0 Å². The maximum atomic E-state index is 11.6. The quantitative estimate of drug-likeness (QED) is 0.597. The average Bonchev–Trinajstić information content (AvgIpc) is 2.93. The molecule has 94 valence electrons. The molecular formula is C9H10N6O2S. The number of anilines is 1. The van der Waals surface area contributed by atoms with Gasteiger partial charge in [0.1, 0.15) is 6.26 Å². The van der Waals surface area contributed by atoms with Gasteiger partial charge in [0.05, 0.1) is 11.9 Å². The summed E-state index contributed by atoms with van der Waals surface area (Å²) in [6.45, 7) is 0. The van der Waals surface area contributed by atoms with Gasteiger partial charge in [-0.15, -0.1) is 0 Å². The second-order valence-corrected chi connectivity index (χ2v) is 4.37. The summed E-state index contributed by atoms with van der Waals surface area (Å²) < 4.78 is 5.10. The van der Waals surface area contributed by atoms with Gasteiger partial charge in [-0.1, -0.05) is 11.8 Å². The van der Waals surface area contributed by atoms with Crippen LogP contribution in [0.1, 0.15) is 7.32 Å². The van der Waals surface area contributed by atoms with Gasteiger partial charge in [-0.3, -0.25) is 9.78 Å². The Hall–Kier alpha value is -2.29. The fraction of sp³-hybridized carbons (Fsp3) is 0.111. The van der Waals surface area contributed by atoms with Gasteiger partial charge in [-0.25, -0.2) is 9.97 Å². The number of oxazole rings is 1. The first-order chi connectivity index (χ1) is 8.72. The zero-order valence-electron chi connectivity index (χ0n) is 9.01. The van der Waals surface area contributed by atoms with Gasteiger partial charge in [0.2, 0.25) is 11.8 Å². The molecule has 0 atom stereocenters. The molecule has 18 heavy (non-hydrogen) atoms. The lowest BCUT2D eigenvalue weighted by Gasteiger charge is -1.91. The van der Waals surface area contributed by atoms with Crippen molar-refractivity contribution in [3.05, 3.63) is 28.7 Å². The van der Waals surface area contributed by atoms with Crippen LogP contribution in [0.2, 0.25) is 0 Å². The van der Waals surface area contributed by atoms with Gasteiger partial charge < -0.3 is 15.1 Å². The monoisotopic (exact) mass is 266 g/mol. The molecule has 3 rings (SSSR count). The average molecular weight is 266 g/mol. The Balaban J connectivity index is 0.00000133. The third-order valence-corrected chi connectivity index (χ3v) is 3.03. The highest BCUT2D eigenvalue weighted by Gasteiger charge is 2.10. The smallest absolute Gasteiger partial charge is 0.278 e. The van der Waals surface area contributed by atoms with E-state index in [0.29, 0.717) is 28.0 Å². The van der Waals surface area contributed by atoms with Crippen LogP contribution in [0.5, 0.6) is 0 Å². The summed E-state index contributed by atoms with van der Waals surface area (Å²) in [5.41, 5.74) is 5.69. The number of fused-ring (bicyclic) bond motifs is 1. The van der Waals surface area contributed by atoms with Crippen molar-refractivity contribution in [3.8, 4) is 0 Å². The molecule has 0 aliphatic heterocycles. The number of nitrogens with two attached hydrogens (primary N) is 1. The number of nitrogens with zero attached hydrogens (tertiary/aromatic N) is 3. The minimum atomic E-state index is -0.340. The molecule has 3 heterocycles. The van der Waals surface area contributed by atoms with Crippen molar-refractivity contribution in [1.82, 2.24) is 24.9 Å². The van der Waals surface area contributed by atoms with Crippen LogP contribution in [0.25, 0.3) is 11.2 Å². The molecule has 0 aromatic carbocycles. The molecule has 8 nitrogen and oxygen atoms in total. The Morgan fingerprint density at radius 1 is 1.44 bits per heavy atom. The van der Waals surface area contributed by atoms with Crippen molar-refractivity contribution in [3.63, 3.8) is 0 Å². The molecular weight excluding hydrogens is 256 g/mol. The van der Waals surface area contributed by atoms with Gasteiger partial charge in [0, 0.05) is 1.43 Å². The van der Waals surface area contributed by atoms with E-state index in [1.54, 1.807) is 6.20 Å². The van der Waals surface area contributed by atoms with E-state index in [2.05, 4.69) is 24.9 Å². The van der Waals surface area contributed by atoms with E-state index in [-0.39, 0.29) is 12.9 Å². The van der Waals surface area contributed by atoms with Crippen molar-refractivity contribution in [2.24, 2.45) is 0 Å². The predicted molar refractivity (Wildman–Crippen MR) is 67.1 cm³/mol. The molecule has 3 aromatic rings. The van der Waals surface area contributed by atoms with Crippen LogP contribution < -0.4 is 11.3 Å². The summed E-state index contributed by atoms with van der Waals surface area (Å²) >= 11 is 1.36. The fourth-order valence-corrected chi connectivity index (χ4v) is 2.15. The van der Waals surface area contributed by atoms with E-state index in [0.717, 1.165) is 0 Å². The minimum absolute atomic E-state index is 0. The third kappa shape index (κ3) is 1.95. The Bertz CT molecular complexity index is 737. The van der Waals surface area contributed by atoms with E-state index < -0.39 is 0 Å². The van der Waals surface area contributed by atoms with E-state index >= 15 is 0 Å². The molecule has 0 aliphatic rings. The largest absolute Gasteiger partial charge is 0.448 e. The number of aromatic amines is 2. The number of H-pyrrole nitrogens is 2. The van der Waals surface area contributed by atoms with Crippen molar-refractivity contribution in [2.75, 3.05) is 5.73 Å². The number of thioether (sulfide) groups is 1. The van der Waals surface area contributed by atoms with Crippen LogP contribution in [0, 0.1) is 0 Å². The molecule has 0 amide bonds. The topological polar surface area (TPSA) is 126 Å². The van der Waals surface area contributed by atoms with E-state index in [9.17, 15) is 4.79 Å². The first-order valence-corrected chi connectivity index (χ1v) is 5.97. The van der Waals surface area contributed by atoms with E-state index in [4.69, 9.17) is 10.2 Å². The summed E-state index contributed by atoms with van der Waals surface area (Å²) in [5.74, 6) is 1.14. The number of nitrogens with one attached hydrogen (secondary N) is 2. The molecule has 9 heteroatoms. The molecule has 0 bridgehead atoms. The summed E-state index contributed by atoms with van der Waals surface area (Å²) in [6.07, 6.45) is 3.07. The Kier molecular flexibility index (Phi) is 2.52. The zero-order valence-corrected chi connectivity index (χ0v) is 9.82.